The van der Waals surface area contributed by atoms with Crippen LogP contribution in [-0.4, -0.2) is 83.1 Å². The molecule has 138 valence electrons. The van der Waals surface area contributed by atoms with Gasteiger partial charge in [-0.3, -0.25) is 24.1 Å². The number of rotatable bonds is 4. The van der Waals surface area contributed by atoms with Crippen molar-refractivity contribution in [2.75, 3.05) is 39.8 Å². The van der Waals surface area contributed by atoms with E-state index in [1.165, 1.54) is 7.11 Å². The molecule has 2 fully saturated rings. The molecule has 4 amide bonds. The number of likely N-dealkylation sites (tertiary alicyclic amines) is 1. The zero-order chi connectivity index (χ0) is 18.7. The fraction of sp³-hybridized carbons (Fsp3) is 0.471. The van der Waals surface area contributed by atoms with Crippen LogP contribution < -0.4 is 4.74 Å². The molecular weight excluding hydrogens is 340 g/mol. The van der Waals surface area contributed by atoms with Crippen LogP contribution in [-0.2, 0) is 14.4 Å². The smallest absolute Gasteiger partial charge is 0.259 e. The second-order valence-corrected chi connectivity index (χ2v) is 6.11. The zero-order valence-electron chi connectivity index (χ0n) is 14.5. The van der Waals surface area contributed by atoms with Gasteiger partial charge in [0.2, 0.25) is 23.6 Å². The Morgan fingerprint density at radius 1 is 1.08 bits per heavy atom. The molecule has 0 aliphatic carbocycles. The van der Waals surface area contributed by atoms with Gasteiger partial charge in [-0.05, 0) is 12.1 Å². The number of aromatic nitrogens is 1. The Balaban J connectivity index is 1.57. The van der Waals surface area contributed by atoms with Gasteiger partial charge >= 0.3 is 0 Å². The van der Waals surface area contributed by atoms with Gasteiger partial charge in [0, 0.05) is 45.2 Å². The molecule has 3 heterocycles. The van der Waals surface area contributed by atoms with Crippen molar-refractivity contribution in [1.82, 2.24) is 19.7 Å². The lowest BCUT2D eigenvalue weighted by atomic mass is 10.2. The SMILES string of the molecule is COc1ncccc1C(=O)N1CCN(C(=O)CN2C(=O)CCC2=O)CC1. The number of ether oxygens (including phenoxy) is 1. The van der Waals surface area contributed by atoms with Gasteiger partial charge in [-0.15, -0.1) is 0 Å². The van der Waals surface area contributed by atoms with Crippen LogP contribution in [0.1, 0.15) is 23.2 Å². The first kappa shape index (κ1) is 17.8. The molecule has 0 spiro atoms. The fourth-order valence-corrected chi connectivity index (χ4v) is 3.08. The number of carbonyl (C=O) groups is 4. The van der Waals surface area contributed by atoms with Gasteiger partial charge < -0.3 is 14.5 Å². The van der Waals surface area contributed by atoms with Crippen molar-refractivity contribution >= 4 is 23.6 Å². The normalized spacial score (nSPS) is 17.7. The quantitative estimate of drug-likeness (QED) is 0.673. The minimum atomic E-state index is -0.305. The summed E-state index contributed by atoms with van der Waals surface area (Å²) in [7, 11) is 1.46. The maximum atomic E-state index is 12.6. The highest BCUT2D eigenvalue weighted by Crippen LogP contribution is 2.18. The molecule has 0 saturated carbocycles. The van der Waals surface area contributed by atoms with Crippen LogP contribution in [0.5, 0.6) is 5.88 Å². The minimum absolute atomic E-state index is 0.168. The van der Waals surface area contributed by atoms with Crippen molar-refractivity contribution in [3.05, 3.63) is 23.9 Å². The van der Waals surface area contributed by atoms with Crippen LogP contribution in [0.4, 0.5) is 0 Å². The Bertz CT molecular complexity index is 726. The van der Waals surface area contributed by atoms with Crippen molar-refractivity contribution in [1.29, 1.82) is 0 Å². The molecule has 0 atom stereocenters. The van der Waals surface area contributed by atoms with Crippen LogP contribution in [0.15, 0.2) is 18.3 Å². The monoisotopic (exact) mass is 360 g/mol. The molecule has 1 aromatic rings. The van der Waals surface area contributed by atoms with Crippen LogP contribution in [0.3, 0.4) is 0 Å². The van der Waals surface area contributed by atoms with Crippen LogP contribution in [0, 0.1) is 0 Å². The van der Waals surface area contributed by atoms with Crippen molar-refractivity contribution in [3.63, 3.8) is 0 Å². The number of imide groups is 1. The summed E-state index contributed by atoms with van der Waals surface area (Å²) in [5.41, 5.74) is 0.378. The molecule has 0 radical (unpaired) electrons. The molecule has 9 nitrogen and oxygen atoms in total. The maximum Gasteiger partial charge on any atom is 0.259 e. The summed E-state index contributed by atoms with van der Waals surface area (Å²) >= 11 is 0. The molecule has 2 aliphatic heterocycles. The van der Waals surface area contributed by atoms with Crippen LogP contribution >= 0.6 is 0 Å². The van der Waals surface area contributed by atoms with E-state index in [0.29, 0.717) is 31.7 Å². The van der Waals surface area contributed by atoms with Gasteiger partial charge in [-0.1, -0.05) is 0 Å². The van der Waals surface area contributed by atoms with Gasteiger partial charge in [0.1, 0.15) is 12.1 Å². The number of nitrogens with zero attached hydrogens (tertiary/aromatic N) is 4. The van der Waals surface area contributed by atoms with Crippen molar-refractivity contribution in [3.8, 4) is 5.88 Å². The molecule has 9 heteroatoms. The second kappa shape index (κ2) is 7.51. The maximum absolute atomic E-state index is 12.6. The molecule has 3 rings (SSSR count). The molecule has 0 aromatic carbocycles. The number of carbonyl (C=O) groups excluding carboxylic acids is 4. The van der Waals surface area contributed by atoms with Gasteiger partial charge in [0.05, 0.1) is 7.11 Å². The highest BCUT2D eigenvalue weighted by molar-refractivity contribution is 6.04. The Hall–Kier alpha value is -2.97. The first-order valence-corrected chi connectivity index (χ1v) is 8.40. The molecule has 0 bridgehead atoms. The largest absolute Gasteiger partial charge is 0.480 e. The number of methoxy groups -OCH3 is 1. The Morgan fingerprint density at radius 3 is 2.31 bits per heavy atom. The number of hydrogen-bond acceptors (Lipinski definition) is 6. The average Bonchev–Trinajstić information content (AvgIpc) is 2.99. The highest BCUT2D eigenvalue weighted by atomic mass is 16.5. The summed E-state index contributed by atoms with van der Waals surface area (Å²) in [6.45, 7) is 1.21. The van der Waals surface area contributed by atoms with E-state index < -0.39 is 0 Å². The number of piperazine rings is 1. The highest BCUT2D eigenvalue weighted by Gasteiger charge is 2.33. The molecule has 0 unspecified atom stereocenters. The van der Waals surface area contributed by atoms with E-state index in [1.54, 1.807) is 28.1 Å². The van der Waals surface area contributed by atoms with Crippen molar-refractivity contribution in [2.24, 2.45) is 0 Å². The fourth-order valence-electron chi connectivity index (χ4n) is 3.08. The standard InChI is InChI=1S/C17H20N4O5/c1-26-16-12(3-2-6-18-16)17(25)20-9-7-19(8-10-20)15(24)11-21-13(22)4-5-14(21)23/h2-3,6H,4-5,7-11H2,1H3. The third-order valence-corrected chi connectivity index (χ3v) is 4.56. The van der Waals surface area contributed by atoms with E-state index in [-0.39, 0.29) is 48.9 Å². The summed E-state index contributed by atoms with van der Waals surface area (Å²) in [5.74, 6) is -0.824. The van der Waals surface area contributed by atoms with E-state index in [4.69, 9.17) is 4.74 Å². The molecule has 2 aliphatic rings. The Labute approximate surface area is 150 Å². The van der Waals surface area contributed by atoms with E-state index in [1.807, 2.05) is 0 Å². The summed E-state index contributed by atoms with van der Waals surface area (Å²) in [5, 5.41) is 0. The zero-order valence-corrected chi connectivity index (χ0v) is 14.5. The topological polar surface area (TPSA) is 100 Å². The second-order valence-electron chi connectivity index (χ2n) is 6.11. The van der Waals surface area contributed by atoms with Crippen molar-refractivity contribution < 1.29 is 23.9 Å². The van der Waals surface area contributed by atoms with Gasteiger partial charge in [-0.2, -0.15) is 0 Å². The first-order valence-electron chi connectivity index (χ1n) is 8.40. The van der Waals surface area contributed by atoms with Crippen molar-refractivity contribution in [2.45, 2.75) is 12.8 Å². The van der Waals surface area contributed by atoms with Gasteiger partial charge in [-0.25, -0.2) is 4.98 Å². The minimum Gasteiger partial charge on any atom is -0.480 e. The lowest BCUT2D eigenvalue weighted by Gasteiger charge is -2.35. The predicted molar refractivity (Wildman–Crippen MR) is 89.2 cm³/mol. The van der Waals surface area contributed by atoms with E-state index >= 15 is 0 Å². The van der Waals surface area contributed by atoms with Crippen LogP contribution in [0.25, 0.3) is 0 Å². The molecule has 1 aromatic heterocycles. The predicted octanol–water partition coefficient (Wildman–Crippen LogP) is -0.476. The van der Waals surface area contributed by atoms with E-state index in [2.05, 4.69) is 4.98 Å². The molecule has 0 N–H and O–H groups in total. The Morgan fingerprint density at radius 2 is 1.69 bits per heavy atom. The number of pyridine rings is 1. The van der Waals surface area contributed by atoms with Crippen LogP contribution in [0.2, 0.25) is 0 Å². The first-order chi connectivity index (χ1) is 12.5. The lowest BCUT2D eigenvalue weighted by Crippen LogP contribution is -2.53. The number of amides is 4. The molecule has 26 heavy (non-hydrogen) atoms. The van der Waals surface area contributed by atoms with E-state index in [0.717, 1.165) is 4.90 Å². The Kier molecular flexibility index (Phi) is 5.15. The summed E-state index contributed by atoms with van der Waals surface area (Å²) in [4.78, 5) is 56.5. The van der Waals surface area contributed by atoms with Gasteiger partial charge in [0.25, 0.3) is 5.91 Å². The summed E-state index contributed by atoms with van der Waals surface area (Å²) < 4.78 is 5.12. The average molecular weight is 360 g/mol. The summed E-state index contributed by atoms with van der Waals surface area (Å²) in [6.07, 6.45) is 1.88. The van der Waals surface area contributed by atoms with Gasteiger partial charge in [0.15, 0.2) is 0 Å². The molecule has 2 saturated heterocycles. The molecular formula is C17H20N4O5. The third-order valence-electron chi connectivity index (χ3n) is 4.56. The third kappa shape index (κ3) is 3.51. The summed E-state index contributed by atoms with van der Waals surface area (Å²) in [6, 6.07) is 3.32. The lowest BCUT2D eigenvalue weighted by molar-refractivity contribution is -0.146. The number of hydrogen-bond donors (Lipinski definition) is 0. The van der Waals surface area contributed by atoms with E-state index in [9.17, 15) is 19.2 Å².